The Hall–Kier alpha value is -3.02. The van der Waals surface area contributed by atoms with Crippen LogP contribution in [0.15, 0.2) is 41.5 Å². The van der Waals surface area contributed by atoms with Gasteiger partial charge in [0.1, 0.15) is 0 Å². The summed E-state index contributed by atoms with van der Waals surface area (Å²) in [4.78, 5) is 14.7. The molecule has 1 heterocycles. The van der Waals surface area contributed by atoms with E-state index in [1.54, 1.807) is 25.5 Å². The first-order valence-corrected chi connectivity index (χ1v) is 11.3. The van der Waals surface area contributed by atoms with Crippen LogP contribution in [0, 0.1) is 6.92 Å². The van der Waals surface area contributed by atoms with E-state index < -0.39 is 0 Å². The van der Waals surface area contributed by atoms with Gasteiger partial charge in [0.25, 0.3) is 5.91 Å². The Morgan fingerprint density at radius 2 is 2.00 bits per heavy atom. The summed E-state index contributed by atoms with van der Waals surface area (Å²) in [5.74, 6) is 1.24. The fourth-order valence-electron chi connectivity index (χ4n) is 4.52. The molecule has 0 saturated heterocycles. The summed E-state index contributed by atoms with van der Waals surface area (Å²) >= 11 is 0. The van der Waals surface area contributed by atoms with Gasteiger partial charge >= 0.3 is 0 Å². The quantitative estimate of drug-likeness (QED) is 0.464. The Kier molecular flexibility index (Phi) is 7.44. The maximum Gasteiger partial charge on any atom is 0.277 e. The summed E-state index contributed by atoms with van der Waals surface area (Å²) < 4.78 is 10.8. The number of amides is 1. The fourth-order valence-corrected chi connectivity index (χ4v) is 4.52. The van der Waals surface area contributed by atoms with Gasteiger partial charge in [0.2, 0.25) is 0 Å². The molecule has 1 amide bonds. The third-order valence-corrected chi connectivity index (χ3v) is 6.04. The van der Waals surface area contributed by atoms with Gasteiger partial charge in [-0.15, -0.1) is 0 Å². The van der Waals surface area contributed by atoms with Gasteiger partial charge in [-0.3, -0.25) is 4.79 Å². The third kappa shape index (κ3) is 5.23. The zero-order valence-electron chi connectivity index (χ0n) is 20.1. The Morgan fingerprint density at radius 1 is 1.28 bits per heavy atom. The number of hydrazone groups is 1. The SMILES string of the molecule is CCCN1c2cc(C)c(/C=N/NC(=O)COc3ccccc3OC)cc2C(C)CC1(C)C. The minimum atomic E-state index is -0.327. The van der Waals surface area contributed by atoms with Gasteiger partial charge in [-0.05, 0) is 80.5 Å². The lowest BCUT2D eigenvalue weighted by molar-refractivity contribution is -0.123. The van der Waals surface area contributed by atoms with Crippen LogP contribution < -0.4 is 19.8 Å². The molecule has 1 unspecified atom stereocenters. The first-order chi connectivity index (χ1) is 15.3. The van der Waals surface area contributed by atoms with E-state index in [-0.39, 0.29) is 18.1 Å². The highest BCUT2D eigenvalue weighted by Gasteiger charge is 2.36. The molecular formula is C26H35N3O3. The number of para-hydroxylation sites is 2. The average Bonchev–Trinajstić information content (AvgIpc) is 2.75. The third-order valence-electron chi connectivity index (χ3n) is 6.04. The molecule has 32 heavy (non-hydrogen) atoms. The second kappa shape index (κ2) is 10.1. The minimum absolute atomic E-state index is 0.139. The fraction of sp³-hybridized carbons (Fsp3) is 0.462. The predicted octanol–water partition coefficient (Wildman–Crippen LogP) is 5.03. The van der Waals surface area contributed by atoms with E-state index in [2.05, 4.69) is 62.2 Å². The summed E-state index contributed by atoms with van der Waals surface area (Å²) in [6, 6.07) is 11.7. The van der Waals surface area contributed by atoms with Crippen molar-refractivity contribution in [2.45, 2.75) is 58.9 Å². The van der Waals surface area contributed by atoms with E-state index in [0.29, 0.717) is 17.4 Å². The van der Waals surface area contributed by atoms with E-state index in [9.17, 15) is 4.79 Å². The number of hydrogen-bond donors (Lipinski definition) is 1. The molecular weight excluding hydrogens is 402 g/mol. The maximum atomic E-state index is 12.2. The number of hydrogen-bond acceptors (Lipinski definition) is 5. The summed E-state index contributed by atoms with van der Waals surface area (Å²) in [6.07, 6.45) is 3.94. The van der Waals surface area contributed by atoms with E-state index in [4.69, 9.17) is 9.47 Å². The number of fused-ring (bicyclic) bond motifs is 1. The Morgan fingerprint density at radius 3 is 2.69 bits per heavy atom. The van der Waals surface area contributed by atoms with Crippen LogP contribution in [0.4, 0.5) is 5.69 Å². The lowest BCUT2D eigenvalue weighted by Gasteiger charge is -2.48. The largest absolute Gasteiger partial charge is 0.493 e. The van der Waals surface area contributed by atoms with Crippen LogP contribution in [-0.4, -0.2) is 37.9 Å². The van der Waals surface area contributed by atoms with Crippen LogP contribution in [0.25, 0.3) is 0 Å². The average molecular weight is 438 g/mol. The van der Waals surface area contributed by atoms with Crippen LogP contribution in [0.5, 0.6) is 11.5 Å². The number of methoxy groups -OCH3 is 1. The summed E-state index contributed by atoms with van der Waals surface area (Å²) in [7, 11) is 1.57. The molecule has 1 atom stereocenters. The van der Waals surface area contributed by atoms with Crippen LogP contribution in [-0.2, 0) is 4.79 Å². The molecule has 0 bridgehead atoms. The maximum absolute atomic E-state index is 12.2. The van der Waals surface area contributed by atoms with Crippen molar-refractivity contribution in [2.24, 2.45) is 5.10 Å². The second-order valence-corrected chi connectivity index (χ2v) is 9.07. The Bertz CT molecular complexity index is 984. The number of benzene rings is 2. The van der Waals surface area contributed by atoms with Crippen LogP contribution in [0.3, 0.4) is 0 Å². The number of rotatable bonds is 8. The molecule has 3 rings (SSSR count). The lowest BCUT2D eigenvalue weighted by atomic mass is 9.79. The Labute approximate surface area is 191 Å². The number of ether oxygens (including phenoxy) is 2. The second-order valence-electron chi connectivity index (χ2n) is 9.07. The monoisotopic (exact) mass is 437 g/mol. The molecule has 0 saturated carbocycles. The van der Waals surface area contributed by atoms with Crippen molar-refractivity contribution in [1.29, 1.82) is 0 Å². The van der Waals surface area contributed by atoms with E-state index in [1.807, 2.05) is 12.1 Å². The lowest BCUT2D eigenvalue weighted by Crippen LogP contribution is -2.48. The normalized spacial score (nSPS) is 17.2. The predicted molar refractivity (Wildman–Crippen MR) is 130 cm³/mol. The molecule has 2 aromatic carbocycles. The van der Waals surface area contributed by atoms with Crippen molar-refractivity contribution in [1.82, 2.24) is 5.43 Å². The highest BCUT2D eigenvalue weighted by Crippen LogP contribution is 2.44. The highest BCUT2D eigenvalue weighted by atomic mass is 16.5. The molecule has 2 aromatic rings. The molecule has 6 heteroatoms. The summed E-state index contributed by atoms with van der Waals surface area (Å²) in [5, 5.41) is 4.17. The van der Waals surface area contributed by atoms with E-state index in [1.165, 1.54) is 11.3 Å². The van der Waals surface area contributed by atoms with Gasteiger partial charge in [0, 0.05) is 17.8 Å². The smallest absolute Gasteiger partial charge is 0.277 e. The van der Waals surface area contributed by atoms with Crippen LogP contribution >= 0.6 is 0 Å². The van der Waals surface area contributed by atoms with Crippen molar-refractivity contribution in [3.05, 3.63) is 53.1 Å². The van der Waals surface area contributed by atoms with Crippen molar-refractivity contribution >= 4 is 17.8 Å². The van der Waals surface area contributed by atoms with Crippen molar-refractivity contribution in [3.8, 4) is 11.5 Å². The topological polar surface area (TPSA) is 63.2 Å². The molecule has 0 aliphatic carbocycles. The molecule has 1 aliphatic rings. The number of aryl methyl sites for hydroxylation is 1. The molecule has 6 nitrogen and oxygen atoms in total. The molecule has 0 aromatic heterocycles. The first kappa shape index (κ1) is 23.6. The van der Waals surface area contributed by atoms with Crippen molar-refractivity contribution < 1.29 is 14.3 Å². The number of anilines is 1. The van der Waals surface area contributed by atoms with Gasteiger partial charge in [-0.2, -0.15) is 5.10 Å². The van der Waals surface area contributed by atoms with E-state index >= 15 is 0 Å². The van der Waals surface area contributed by atoms with Gasteiger partial charge in [0.15, 0.2) is 18.1 Å². The summed E-state index contributed by atoms with van der Waals surface area (Å²) in [6.45, 7) is 12.2. The van der Waals surface area contributed by atoms with Crippen molar-refractivity contribution in [2.75, 3.05) is 25.2 Å². The molecule has 1 aliphatic heterocycles. The van der Waals surface area contributed by atoms with Crippen LogP contribution in [0.2, 0.25) is 0 Å². The molecule has 0 fully saturated rings. The summed E-state index contributed by atoms with van der Waals surface area (Å²) in [5.41, 5.74) is 7.50. The number of nitrogens with zero attached hydrogens (tertiary/aromatic N) is 2. The zero-order valence-corrected chi connectivity index (χ0v) is 20.1. The number of carbonyl (C=O) groups is 1. The van der Waals surface area contributed by atoms with Gasteiger partial charge in [0.05, 0.1) is 13.3 Å². The standard InChI is InChI=1S/C26H35N3O3/c1-7-12-29-22-13-18(2)20(14-21(22)19(3)15-26(29,4)5)16-27-28-25(30)17-32-24-11-9-8-10-23(24)31-6/h8-11,13-14,16,19H,7,12,15,17H2,1-6H3,(H,28,30)/b27-16+. The van der Waals surface area contributed by atoms with Crippen LogP contribution in [0.1, 0.15) is 63.1 Å². The van der Waals surface area contributed by atoms with Gasteiger partial charge in [-0.1, -0.05) is 26.0 Å². The molecule has 0 radical (unpaired) electrons. The van der Waals surface area contributed by atoms with Crippen molar-refractivity contribution in [3.63, 3.8) is 0 Å². The van der Waals surface area contributed by atoms with Gasteiger partial charge < -0.3 is 14.4 Å². The molecule has 1 N–H and O–H groups in total. The highest BCUT2D eigenvalue weighted by molar-refractivity contribution is 5.86. The first-order valence-electron chi connectivity index (χ1n) is 11.3. The molecule has 0 spiro atoms. The van der Waals surface area contributed by atoms with E-state index in [0.717, 1.165) is 30.5 Å². The zero-order chi connectivity index (χ0) is 23.3. The number of nitrogens with one attached hydrogen (secondary N) is 1. The number of carbonyl (C=O) groups excluding carboxylic acids is 1. The minimum Gasteiger partial charge on any atom is -0.493 e. The molecule has 172 valence electrons. The Balaban J connectivity index is 1.69. The van der Waals surface area contributed by atoms with Gasteiger partial charge in [-0.25, -0.2) is 5.43 Å².